The van der Waals surface area contributed by atoms with Crippen LogP contribution in [0.5, 0.6) is 0 Å². The van der Waals surface area contributed by atoms with E-state index in [-0.39, 0.29) is 25.8 Å². The van der Waals surface area contributed by atoms with Crippen molar-refractivity contribution in [1.82, 2.24) is 0 Å². The van der Waals surface area contributed by atoms with E-state index in [0.29, 0.717) is 19.3 Å². The summed E-state index contributed by atoms with van der Waals surface area (Å²) in [6.45, 7) is 17.7. The zero-order chi connectivity index (χ0) is 23.3. The number of aliphatic hydroxyl groups is 1. The summed E-state index contributed by atoms with van der Waals surface area (Å²) >= 11 is 2.46. The van der Waals surface area contributed by atoms with Gasteiger partial charge in [0.25, 0.3) is 0 Å². The van der Waals surface area contributed by atoms with E-state index < -0.39 is 23.9 Å². The molecular formula is C23H40O5S2. The lowest BCUT2D eigenvalue weighted by molar-refractivity contribution is -0.127. The molecule has 0 bridgehead atoms. The summed E-state index contributed by atoms with van der Waals surface area (Å²) in [5, 5.41) is 10.6. The molecule has 0 fully saturated rings. The van der Waals surface area contributed by atoms with Gasteiger partial charge in [-0.05, 0) is 50.9 Å². The molecule has 1 N–H and O–H groups in total. The molecule has 30 heavy (non-hydrogen) atoms. The van der Waals surface area contributed by atoms with Crippen LogP contribution in [0, 0.1) is 5.92 Å². The number of carbonyl (C=O) groups excluding carboxylic acids is 2. The van der Waals surface area contributed by atoms with Crippen molar-refractivity contribution in [2.75, 3.05) is 0 Å². The Morgan fingerprint density at radius 3 is 2.00 bits per heavy atom. The molecule has 0 spiro atoms. The first-order chi connectivity index (χ1) is 13.4. The topological polar surface area (TPSA) is 72.8 Å². The number of aliphatic hydroxyl groups excluding tert-OH is 1. The second-order valence-electron chi connectivity index (χ2n) is 10.9. The van der Waals surface area contributed by atoms with E-state index in [1.54, 1.807) is 0 Å². The van der Waals surface area contributed by atoms with Crippen molar-refractivity contribution >= 4 is 33.9 Å². The highest BCUT2D eigenvalue weighted by Crippen LogP contribution is 2.32. The van der Waals surface area contributed by atoms with Crippen LogP contribution < -0.4 is 0 Å². The van der Waals surface area contributed by atoms with Gasteiger partial charge in [0.05, 0.1) is 17.8 Å². The number of allylic oxidation sites excluding steroid dienone is 1. The number of hydrogen-bond donors (Lipinski definition) is 1. The van der Waals surface area contributed by atoms with E-state index in [1.165, 1.54) is 11.8 Å². The zero-order valence-electron chi connectivity index (χ0n) is 20.0. The summed E-state index contributed by atoms with van der Waals surface area (Å²) in [6.07, 6.45) is 3.16. The molecule has 0 aromatic carbocycles. The van der Waals surface area contributed by atoms with Crippen molar-refractivity contribution in [3.05, 3.63) is 12.2 Å². The summed E-state index contributed by atoms with van der Waals surface area (Å²) in [6, 6.07) is 0. The monoisotopic (exact) mass is 460 g/mol. The predicted molar refractivity (Wildman–Crippen MR) is 127 cm³/mol. The van der Waals surface area contributed by atoms with Crippen LogP contribution in [-0.2, 0) is 14.3 Å². The molecule has 5 nitrogen and oxygen atoms in total. The van der Waals surface area contributed by atoms with E-state index in [0.717, 1.165) is 11.8 Å². The number of thioether (sulfide) groups is 2. The highest BCUT2D eigenvalue weighted by molar-refractivity contribution is 8.14. The molecule has 0 aromatic rings. The van der Waals surface area contributed by atoms with E-state index in [4.69, 9.17) is 9.47 Å². The number of carbonyl (C=O) groups is 2. The van der Waals surface area contributed by atoms with Crippen molar-refractivity contribution in [2.24, 2.45) is 5.92 Å². The molecule has 1 aliphatic carbocycles. The average Bonchev–Trinajstić information content (AvgIpc) is 2.45. The Balaban J connectivity index is 2.99. The van der Waals surface area contributed by atoms with Crippen LogP contribution in [0.25, 0.3) is 0 Å². The standard InChI is InChI=1S/C23H40O5S2/c1-21(2,3)28-18-14-16(27-20(26)30-23(7,8)9)11-10-15(12-17(18)24)13-19(25)29-22(4,5)6/h10-11,15-18,24H,12-14H2,1-9H3/b11-10+. The molecule has 4 atom stereocenters. The third kappa shape index (κ3) is 12.4. The van der Waals surface area contributed by atoms with Crippen molar-refractivity contribution in [3.63, 3.8) is 0 Å². The van der Waals surface area contributed by atoms with Gasteiger partial charge in [-0.15, -0.1) is 0 Å². The maximum atomic E-state index is 12.5. The molecule has 0 aliphatic heterocycles. The number of hydrogen-bond acceptors (Lipinski definition) is 7. The largest absolute Gasteiger partial charge is 0.450 e. The van der Waals surface area contributed by atoms with Crippen LogP contribution in [0.15, 0.2) is 12.2 Å². The maximum absolute atomic E-state index is 12.5. The second kappa shape index (κ2) is 10.9. The van der Waals surface area contributed by atoms with E-state index in [1.807, 2.05) is 74.5 Å². The van der Waals surface area contributed by atoms with Crippen molar-refractivity contribution < 1.29 is 24.2 Å². The molecule has 1 rings (SSSR count). The van der Waals surface area contributed by atoms with E-state index in [9.17, 15) is 14.7 Å². The predicted octanol–water partition coefficient (Wildman–Crippen LogP) is 5.98. The van der Waals surface area contributed by atoms with Gasteiger partial charge in [-0.3, -0.25) is 4.79 Å². The molecule has 1 aliphatic rings. The molecule has 0 aromatic heterocycles. The van der Waals surface area contributed by atoms with Gasteiger partial charge < -0.3 is 14.6 Å². The Hall–Kier alpha value is -0.500. The van der Waals surface area contributed by atoms with Gasteiger partial charge in [-0.25, -0.2) is 4.79 Å². The molecule has 7 heteroatoms. The third-order valence-corrected chi connectivity index (χ3v) is 5.91. The number of ether oxygens (including phenoxy) is 2. The van der Waals surface area contributed by atoms with Crippen molar-refractivity contribution in [1.29, 1.82) is 0 Å². The lowest BCUT2D eigenvalue weighted by Gasteiger charge is -2.35. The SMILES string of the molecule is CC(C)(C)OC1CC(OC(=O)SC(C)(C)C)/C=C/C(CC(=O)SC(C)(C)C)CC1O. The van der Waals surface area contributed by atoms with E-state index >= 15 is 0 Å². The zero-order valence-corrected chi connectivity index (χ0v) is 21.6. The van der Waals surface area contributed by atoms with Gasteiger partial charge in [0, 0.05) is 22.3 Å². The van der Waals surface area contributed by atoms with Crippen molar-refractivity contribution in [2.45, 2.75) is 115 Å². The van der Waals surface area contributed by atoms with E-state index in [2.05, 4.69) is 0 Å². The third-order valence-electron chi connectivity index (χ3n) is 4.03. The van der Waals surface area contributed by atoms with Gasteiger partial charge in [0.15, 0.2) is 5.12 Å². The quantitative estimate of drug-likeness (QED) is 0.408. The Morgan fingerprint density at radius 1 is 0.933 bits per heavy atom. The minimum atomic E-state index is -0.747. The summed E-state index contributed by atoms with van der Waals surface area (Å²) in [5.41, 5.74) is -0.448. The lowest BCUT2D eigenvalue weighted by atomic mass is 9.89. The molecule has 0 saturated heterocycles. The van der Waals surface area contributed by atoms with Gasteiger partial charge in [-0.2, -0.15) is 0 Å². The van der Waals surface area contributed by atoms with Crippen LogP contribution in [-0.4, -0.2) is 48.9 Å². The van der Waals surface area contributed by atoms with Gasteiger partial charge in [0.2, 0.25) is 0 Å². The fraction of sp³-hybridized carbons (Fsp3) is 0.826. The highest BCUT2D eigenvalue weighted by Gasteiger charge is 2.33. The minimum Gasteiger partial charge on any atom is -0.450 e. The average molecular weight is 461 g/mol. The highest BCUT2D eigenvalue weighted by atomic mass is 32.2. The Morgan fingerprint density at radius 2 is 1.50 bits per heavy atom. The molecule has 0 heterocycles. The van der Waals surface area contributed by atoms with Crippen LogP contribution in [0.2, 0.25) is 0 Å². The Bertz CT molecular complexity index is 611. The first kappa shape index (κ1) is 27.5. The number of rotatable bonds is 4. The molecule has 0 amide bonds. The fourth-order valence-electron chi connectivity index (χ4n) is 3.10. The maximum Gasteiger partial charge on any atom is 0.368 e. The van der Waals surface area contributed by atoms with Gasteiger partial charge >= 0.3 is 5.30 Å². The van der Waals surface area contributed by atoms with Gasteiger partial charge in [0.1, 0.15) is 6.10 Å². The van der Waals surface area contributed by atoms with Crippen molar-refractivity contribution in [3.8, 4) is 0 Å². The summed E-state index contributed by atoms with van der Waals surface area (Å²) < 4.78 is 11.4. The fourth-order valence-corrected chi connectivity index (χ4v) is 4.75. The second-order valence-corrected chi connectivity index (χ2v) is 14.5. The van der Waals surface area contributed by atoms with Crippen LogP contribution in [0.3, 0.4) is 0 Å². The lowest BCUT2D eigenvalue weighted by Crippen LogP contribution is -2.41. The molecule has 0 radical (unpaired) electrons. The minimum absolute atomic E-state index is 0.0926. The molecule has 0 saturated carbocycles. The van der Waals surface area contributed by atoms with Crippen LogP contribution in [0.4, 0.5) is 4.79 Å². The Labute approximate surface area is 191 Å². The van der Waals surface area contributed by atoms with Crippen LogP contribution >= 0.6 is 23.5 Å². The molecule has 4 unspecified atom stereocenters. The first-order valence-electron chi connectivity index (χ1n) is 10.6. The first-order valence-corrected chi connectivity index (χ1v) is 12.2. The summed E-state index contributed by atoms with van der Waals surface area (Å²) in [4.78, 5) is 24.8. The summed E-state index contributed by atoms with van der Waals surface area (Å²) in [5.74, 6) is -0.134. The van der Waals surface area contributed by atoms with Gasteiger partial charge in [-0.1, -0.05) is 59.4 Å². The summed E-state index contributed by atoms with van der Waals surface area (Å²) in [7, 11) is 0. The van der Waals surface area contributed by atoms with Crippen LogP contribution in [0.1, 0.15) is 81.6 Å². The Kier molecular flexibility index (Phi) is 9.99. The normalized spacial score (nSPS) is 27.1. The molecule has 174 valence electrons. The smallest absolute Gasteiger partial charge is 0.368 e. The molecular weight excluding hydrogens is 420 g/mol.